The number of benzene rings is 2. The summed E-state index contributed by atoms with van der Waals surface area (Å²) >= 11 is 7.16. The van der Waals surface area contributed by atoms with Crippen LogP contribution in [-0.2, 0) is 10.9 Å². The number of anilines is 2. The molecule has 34 heavy (non-hydrogen) atoms. The molecule has 0 aliphatic carbocycles. The van der Waals surface area contributed by atoms with Crippen molar-refractivity contribution in [1.29, 1.82) is 0 Å². The number of piperazine rings is 1. The minimum atomic E-state index is -4.35. The Labute approximate surface area is 214 Å². The van der Waals surface area contributed by atoms with Crippen molar-refractivity contribution in [3.05, 3.63) is 48.0 Å². The fraction of sp³-hybridized carbons (Fsp3) is 0.500. The molecule has 2 aromatic carbocycles. The summed E-state index contributed by atoms with van der Waals surface area (Å²) in [5.41, 5.74) is 1.03. The van der Waals surface area contributed by atoms with Gasteiger partial charge in [0.15, 0.2) is 0 Å². The van der Waals surface area contributed by atoms with Crippen LogP contribution >= 0.6 is 35.8 Å². The van der Waals surface area contributed by atoms with E-state index in [4.69, 9.17) is 16.3 Å². The molecule has 2 aliphatic rings. The number of hydrogen-bond acceptors (Lipinski definition) is 5. The summed E-state index contributed by atoms with van der Waals surface area (Å²) in [7, 11) is 0. The standard InChI is InChI=1S/C24H29ClF3N3OS.ClH/c25-8-16-32-17-15-30-13-11-29(12-14-30)9-3-10-31-20-4-1-2-5-22(20)33-23-7-6-19(18-21(23)31)24(26,27)28;/h1-2,4-7,18H,3,8-17H2;1H. The number of para-hydroxylation sites is 1. The Kier molecular flexibility index (Phi) is 10.2. The Morgan fingerprint density at radius 3 is 2.24 bits per heavy atom. The van der Waals surface area contributed by atoms with Crippen LogP contribution in [0, 0.1) is 0 Å². The van der Waals surface area contributed by atoms with Gasteiger partial charge >= 0.3 is 6.18 Å². The molecule has 2 aromatic rings. The van der Waals surface area contributed by atoms with E-state index in [1.807, 2.05) is 24.3 Å². The van der Waals surface area contributed by atoms with Gasteiger partial charge in [0.25, 0.3) is 0 Å². The molecule has 4 rings (SSSR count). The van der Waals surface area contributed by atoms with Gasteiger partial charge in [-0.2, -0.15) is 13.2 Å². The summed E-state index contributed by atoms with van der Waals surface area (Å²) in [5, 5.41) is 0. The quantitative estimate of drug-likeness (QED) is 0.289. The molecule has 0 atom stereocenters. The van der Waals surface area contributed by atoms with Crippen molar-refractivity contribution < 1.29 is 17.9 Å². The first kappa shape index (κ1) is 27.4. The average molecular weight is 536 g/mol. The van der Waals surface area contributed by atoms with Gasteiger partial charge in [-0.05, 0) is 43.3 Å². The van der Waals surface area contributed by atoms with E-state index >= 15 is 0 Å². The topological polar surface area (TPSA) is 19.0 Å². The van der Waals surface area contributed by atoms with Gasteiger partial charge < -0.3 is 14.5 Å². The van der Waals surface area contributed by atoms with Gasteiger partial charge in [0.1, 0.15) is 0 Å². The Hall–Kier alpha value is -1.16. The lowest BCUT2D eigenvalue weighted by Crippen LogP contribution is -2.47. The lowest BCUT2D eigenvalue weighted by molar-refractivity contribution is -0.137. The van der Waals surface area contributed by atoms with Crippen LogP contribution in [0.4, 0.5) is 24.5 Å². The first-order valence-corrected chi connectivity index (χ1v) is 12.6. The molecule has 188 valence electrons. The van der Waals surface area contributed by atoms with Crippen molar-refractivity contribution in [2.75, 3.05) is 69.8 Å². The fourth-order valence-electron chi connectivity index (χ4n) is 4.29. The average Bonchev–Trinajstić information content (AvgIpc) is 2.81. The van der Waals surface area contributed by atoms with E-state index in [9.17, 15) is 13.2 Å². The summed E-state index contributed by atoms with van der Waals surface area (Å²) in [5.74, 6) is 0.524. The molecule has 0 spiro atoms. The molecule has 1 saturated heterocycles. The second-order valence-electron chi connectivity index (χ2n) is 8.24. The minimum Gasteiger partial charge on any atom is -0.379 e. The smallest absolute Gasteiger partial charge is 0.379 e. The van der Waals surface area contributed by atoms with E-state index < -0.39 is 11.7 Å². The number of halogens is 5. The summed E-state index contributed by atoms with van der Waals surface area (Å²) in [6.45, 7) is 7.83. The lowest BCUT2D eigenvalue weighted by atomic mass is 10.1. The van der Waals surface area contributed by atoms with Crippen LogP contribution in [0.3, 0.4) is 0 Å². The third kappa shape index (κ3) is 6.95. The number of alkyl halides is 4. The zero-order chi connectivity index (χ0) is 23.3. The third-order valence-electron chi connectivity index (χ3n) is 6.05. The first-order valence-electron chi connectivity index (χ1n) is 11.3. The molecule has 0 aromatic heterocycles. The highest BCUT2D eigenvalue weighted by molar-refractivity contribution is 7.99. The molecular weight excluding hydrogens is 506 g/mol. The monoisotopic (exact) mass is 535 g/mol. The molecular formula is C24H30Cl2F3N3OS. The molecule has 0 saturated carbocycles. The highest BCUT2D eigenvalue weighted by Crippen LogP contribution is 2.49. The highest BCUT2D eigenvalue weighted by Gasteiger charge is 2.33. The van der Waals surface area contributed by atoms with Crippen LogP contribution in [0.2, 0.25) is 0 Å². The molecule has 0 N–H and O–H groups in total. The van der Waals surface area contributed by atoms with Gasteiger partial charge in [0.05, 0.1) is 30.2 Å². The van der Waals surface area contributed by atoms with Crippen molar-refractivity contribution in [3.8, 4) is 0 Å². The minimum absolute atomic E-state index is 0. The molecule has 0 radical (unpaired) electrons. The van der Waals surface area contributed by atoms with Gasteiger partial charge in [0.2, 0.25) is 0 Å². The van der Waals surface area contributed by atoms with E-state index in [0.717, 1.165) is 61.2 Å². The second kappa shape index (κ2) is 12.7. The number of rotatable bonds is 9. The molecule has 4 nitrogen and oxygen atoms in total. The van der Waals surface area contributed by atoms with Crippen molar-refractivity contribution >= 4 is 47.1 Å². The summed E-state index contributed by atoms with van der Waals surface area (Å²) < 4.78 is 45.6. The fourth-order valence-corrected chi connectivity index (χ4v) is 5.47. The largest absolute Gasteiger partial charge is 0.416 e. The Balaban J connectivity index is 0.00000324. The molecule has 1 fully saturated rings. The van der Waals surface area contributed by atoms with Crippen molar-refractivity contribution in [2.45, 2.75) is 22.4 Å². The SMILES string of the molecule is Cl.FC(F)(F)c1ccc2c(c1)N(CCCN1CCN(CCOCCCl)CC1)c1ccccc1S2. The van der Waals surface area contributed by atoms with E-state index in [-0.39, 0.29) is 12.4 Å². The zero-order valence-electron chi connectivity index (χ0n) is 18.9. The predicted octanol–water partition coefficient (Wildman–Crippen LogP) is 5.99. The third-order valence-corrected chi connectivity index (χ3v) is 7.33. The maximum absolute atomic E-state index is 13.4. The van der Waals surface area contributed by atoms with E-state index in [1.165, 1.54) is 23.9 Å². The van der Waals surface area contributed by atoms with Gasteiger partial charge in [0, 0.05) is 54.9 Å². The highest BCUT2D eigenvalue weighted by atomic mass is 35.5. The molecule has 2 aliphatic heterocycles. The van der Waals surface area contributed by atoms with Gasteiger partial charge in [-0.3, -0.25) is 4.90 Å². The zero-order valence-corrected chi connectivity index (χ0v) is 21.3. The number of fused-ring (bicyclic) bond motifs is 2. The number of nitrogens with zero attached hydrogens (tertiary/aromatic N) is 3. The molecule has 0 bridgehead atoms. The van der Waals surface area contributed by atoms with E-state index in [0.29, 0.717) is 31.3 Å². The number of hydrogen-bond donors (Lipinski definition) is 0. The van der Waals surface area contributed by atoms with Gasteiger partial charge in [-0.25, -0.2) is 0 Å². The predicted molar refractivity (Wildman–Crippen MR) is 135 cm³/mol. The van der Waals surface area contributed by atoms with E-state index in [1.54, 1.807) is 6.07 Å². The molecule has 2 heterocycles. The first-order chi connectivity index (χ1) is 16.0. The van der Waals surface area contributed by atoms with Gasteiger partial charge in [-0.1, -0.05) is 23.9 Å². The normalized spacial score (nSPS) is 16.6. The van der Waals surface area contributed by atoms with Crippen molar-refractivity contribution in [1.82, 2.24) is 9.80 Å². The molecule has 10 heteroatoms. The second-order valence-corrected chi connectivity index (χ2v) is 9.70. The molecule has 0 amide bonds. The van der Waals surface area contributed by atoms with Crippen molar-refractivity contribution in [3.63, 3.8) is 0 Å². The van der Waals surface area contributed by atoms with Crippen LogP contribution in [0.25, 0.3) is 0 Å². The summed E-state index contributed by atoms with van der Waals surface area (Å²) in [6.07, 6.45) is -3.47. The lowest BCUT2D eigenvalue weighted by Gasteiger charge is -2.36. The van der Waals surface area contributed by atoms with Crippen LogP contribution in [0.5, 0.6) is 0 Å². The van der Waals surface area contributed by atoms with Crippen LogP contribution in [0.15, 0.2) is 52.3 Å². The summed E-state index contributed by atoms with van der Waals surface area (Å²) in [6, 6.07) is 12.0. The number of ether oxygens (including phenoxy) is 1. The Bertz CT molecular complexity index is 927. The van der Waals surface area contributed by atoms with Crippen LogP contribution in [-0.4, -0.2) is 74.7 Å². The maximum atomic E-state index is 13.4. The van der Waals surface area contributed by atoms with E-state index in [2.05, 4.69) is 14.7 Å². The summed E-state index contributed by atoms with van der Waals surface area (Å²) in [4.78, 5) is 8.84. The van der Waals surface area contributed by atoms with Gasteiger partial charge in [-0.15, -0.1) is 24.0 Å². The Morgan fingerprint density at radius 1 is 0.853 bits per heavy atom. The molecule has 0 unspecified atom stereocenters. The van der Waals surface area contributed by atoms with Crippen LogP contribution in [0.1, 0.15) is 12.0 Å². The Morgan fingerprint density at radius 2 is 1.53 bits per heavy atom. The van der Waals surface area contributed by atoms with Crippen LogP contribution < -0.4 is 4.90 Å². The maximum Gasteiger partial charge on any atom is 0.416 e. The van der Waals surface area contributed by atoms with Crippen molar-refractivity contribution in [2.24, 2.45) is 0 Å².